The van der Waals surface area contributed by atoms with E-state index in [1.807, 2.05) is 41.3 Å². The van der Waals surface area contributed by atoms with Crippen molar-refractivity contribution in [1.29, 1.82) is 0 Å². The Hall–Kier alpha value is -4.79. The molecule has 0 saturated carbocycles. The van der Waals surface area contributed by atoms with Crippen molar-refractivity contribution in [3.05, 3.63) is 83.5 Å². The molecule has 42 heavy (non-hydrogen) atoms. The number of fused-ring (bicyclic) bond motifs is 2. The highest BCUT2D eigenvalue weighted by atomic mass is 19.4. The van der Waals surface area contributed by atoms with Gasteiger partial charge in [-0.1, -0.05) is 36.4 Å². The molecule has 1 N–H and O–H groups in total. The summed E-state index contributed by atoms with van der Waals surface area (Å²) in [6.07, 6.45) is -3.14. The zero-order valence-electron chi connectivity index (χ0n) is 22.5. The first kappa shape index (κ1) is 27.4. The maximum absolute atomic E-state index is 13.2. The van der Waals surface area contributed by atoms with E-state index in [1.165, 1.54) is 15.9 Å². The summed E-state index contributed by atoms with van der Waals surface area (Å²) in [5.74, 6) is -1.47. The van der Waals surface area contributed by atoms with Gasteiger partial charge < -0.3 is 15.0 Å². The number of likely N-dealkylation sites (N-methyl/N-ethyl adjacent to an activating group) is 1. The fourth-order valence-electron chi connectivity index (χ4n) is 4.92. The van der Waals surface area contributed by atoms with Crippen molar-refractivity contribution in [3.8, 4) is 5.75 Å². The van der Waals surface area contributed by atoms with E-state index in [-0.39, 0.29) is 37.3 Å². The van der Waals surface area contributed by atoms with Crippen LogP contribution in [0.15, 0.2) is 54.9 Å². The van der Waals surface area contributed by atoms with Crippen molar-refractivity contribution in [3.63, 3.8) is 0 Å². The monoisotopic (exact) mass is 581 g/mol. The first-order valence-electron chi connectivity index (χ1n) is 13.1. The molecule has 2 aromatic carbocycles. The number of nitrogens with one attached hydrogen (secondary N) is 1. The third-order valence-corrected chi connectivity index (χ3v) is 7.05. The lowest BCUT2D eigenvalue weighted by molar-refractivity contribution is -0.145. The Balaban J connectivity index is 1.10. The topological polar surface area (TPSA) is 123 Å². The summed E-state index contributed by atoms with van der Waals surface area (Å²) in [5.41, 5.74) is 2.37. The van der Waals surface area contributed by atoms with E-state index in [2.05, 4.69) is 25.5 Å². The Bertz CT molecular complexity index is 1620. The number of halogens is 3. The van der Waals surface area contributed by atoms with Gasteiger partial charge in [-0.25, -0.2) is 19.3 Å². The molecule has 4 heterocycles. The van der Waals surface area contributed by atoms with Crippen LogP contribution in [0.5, 0.6) is 5.75 Å². The molecule has 0 aliphatic carbocycles. The second-order valence-corrected chi connectivity index (χ2v) is 10.1. The van der Waals surface area contributed by atoms with E-state index in [0.29, 0.717) is 31.1 Å². The number of carbonyl (C=O) groups excluding carboxylic acids is 2. The summed E-state index contributed by atoms with van der Waals surface area (Å²) in [4.78, 5) is 37.2. The highest BCUT2D eigenvalue weighted by Gasteiger charge is 2.38. The van der Waals surface area contributed by atoms with Crippen molar-refractivity contribution >= 4 is 17.5 Å². The molecule has 1 atom stereocenters. The Morgan fingerprint density at radius 3 is 2.67 bits per heavy atom. The van der Waals surface area contributed by atoms with Crippen molar-refractivity contribution in [1.82, 2.24) is 39.7 Å². The van der Waals surface area contributed by atoms with Crippen LogP contribution in [0.4, 0.5) is 18.9 Å². The number of benzene rings is 2. The Kier molecular flexibility index (Phi) is 7.10. The smallest absolute Gasteiger partial charge is 0.453 e. The van der Waals surface area contributed by atoms with E-state index in [1.54, 1.807) is 23.9 Å². The molecular formula is C27H26F3N9O3. The van der Waals surface area contributed by atoms with Gasteiger partial charge in [0.15, 0.2) is 0 Å². The molecule has 12 nitrogen and oxygen atoms in total. The molecule has 0 spiro atoms. The van der Waals surface area contributed by atoms with E-state index in [9.17, 15) is 22.8 Å². The van der Waals surface area contributed by atoms with Crippen LogP contribution in [0, 0.1) is 0 Å². The van der Waals surface area contributed by atoms with Gasteiger partial charge in [-0.3, -0.25) is 14.5 Å². The Morgan fingerprint density at radius 2 is 1.88 bits per heavy atom. The van der Waals surface area contributed by atoms with E-state index >= 15 is 0 Å². The molecule has 4 aromatic rings. The summed E-state index contributed by atoms with van der Waals surface area (Å²) >= 11 is 0. The summed E-state index contributed by atoms with van der Waals surface area (Å²) in [7, 11) is 1.59. The van der Waals surface area contributed by atoms with Gasteiger partial charge in [0.25, 0.3) is 17.6 Å². The summed E-state index contributed by atoms with van der Waals surface area (Å²) in [6, 6.07) is 14.0. The number of ether oxygens (including phenoxy) is 1. The molecule has 0 radical (unpaired) electrons. The van der Waals surface area contributed by atoms with Crippen molar-refractivity contribution < 1.29 is 27.5 Å². The molecule has 2 aliphatic rings. The number of aromatic nitrogens is 6. The molecule has 2 aromatic heterocycles. The fraction of sp³-hybridized carbons (Fsp3) is 0.333. The predicted octanol–water partition coefficient (Wildman–Crippen LogP) is 2.11. The van der Waals surface area contributed by atoms with Crippen LogP contribution in [-0.2, 0) is 37.1 Å². The molecule has 0 bridgehead atoms. The average molecular weight is 582 g/mol. The zero-order chi connectivity index (χ0) is 29.4. The van der Waals surface area contributed by atoms with Crippen LogP contribution >= 0.6 is 0 Å². The van der Waals surface area contributed by atoms with Crippen LogP contribution < -0.4 is 15.0 Å². The lowest BCUT2D eigenvalue weighted by Gasteiger charge is -2.27. The number of hydrogen-bond donors (Lipinski definition) is 1. The zero-order valence-corrected chi connectivity index (χ0v) is 22.5. The van der Waals surface area contributed by atoms with Gasteiger partial charge in [0.05, 0.1) is 25.3 Å². The summed E-state index contributed by atoms with van der Waals surface area (Å²) in [5, 5.41) is 10.5. The molecule has 218 valence electrons. The van der Waals surface area contributed by atoms with Crippen LogP contribution in [0.3, 0.4) is 0 Å². The third kappa shape index (κ3) is 5.68. The molecule has 2 amide bonds. The van der Waals surface area contributed by atoms with Gasteiger partial charge in [-0.15, -0.1) is 10.2 Å². The van der Waals surface area contributed by atoms with Crippen molar-refractivity contribution in [2.45, 2.75) is 38.4 Å². The van der Waals surface area contributed by atoms with E-state index in [4.69, 9.17) is 4.74 Å². The number of carbonyl (C=O) groups is 2. The fourth-order valence-corrected chi connectivity index (χ4v) is 4.92. The molecule has 15 heteroatoms. The highest BCUT2D eigenvalue weighted by Crippen LogP contribution is 2.33. The molecule has 2 aliphatic heterocycles. The Morgan fingerprint density at radius 1 is 1.07 bits per heavy atom. The van der Waals surface area contributed by atoms with Crippen LogP contribution in [0.1, 0.15) is 33.4 Å². The number of nitrogens with zero attached hydrogens (tertiary/aromatic N) is 8. The molecule has 6 rings (SSSR count). The quantitative estimate of drug-likeness (QED) is 0.368. The van der Waals surface area contributed by atoms with Gasteiger partial charge in [-0.05, 0) is 23.3 Å². The lowest BCUT2D eigenvalue weighted by atomic mass is 10.1. The standard InChI is InChI=1S/C27H26F3N9O3/c1-36-20-8-7-18(12-37-9-10-39-22(14-37)33-26(35-39)27(28,29)30)11-21(20)42-15-19(25(36)41)32-24(40)23-31-16-38(34-23)13-17-5-3-2-4-6-17/h2-8,11,16,19H,9-10,12-15H2,1H3,(H,32,40)/t19-/m0/s1. The number of hydrogen-bond acceptors (Lipinski definition) is 8. The minimum Gasteiger partial charge on any atom is -0.489 e. The number of amides is 2. The van der Waals surface area contributed by atoms with Crippen LogP contribution in [0.2, 0.25) is 0 Å². The van der Waals surface area contributed by atoms with Crippen LogP contribution in [0.25, 0.3) is 0 Å². The average Bonchev–Trinajstić information content (AvgIpc) is 3.60. The van der Waals surface area contributed by atoms with Crippen molar-refractivity contribution in [2.24, 2.45) is 0 Å². The molecule has 0 unspecified atom stereocenters. The van der Waals surface area contributed by atoms with E-state index < -0.39 is 23.9 Å². The molecule has 0 fully saturated rings. The van der Waals surface area contributed by atoms with Gasteiger partial charge in [0, 0.05) is 20.1 Å². The lowest BCUT2D eigenvalue weighted by Crippen LogP contribution is -2.49. The van der Waals surface area contributed by atoms with Gasteiger partial charge in [0.2, 0.25) is 5.82 Å². The second-order valence-electron chi connectivity index (χ2n) is 10.1. The van der Waals surface area contributed by atoms with Crippen molar-refractivity contribution in [2.75, 3.05) is 25.1 Å². The molecule has 0 saturated heterocycles. The van der Waals surface area contributed by atoms with Crippen LogP contribution in [-0.4, -0.2) is 72.5 Å². The summed E-state index contributed by atoms with van der Waals surface area (Å²) < 4.78 is 47.8. The highest BCUT2D eigenvalue weighted by molar-refractivity contribution is 6.02. The second kappa shape index (κ2) is 10.9. The number of anilines is 1. The largest absolute Gasteiger partial charge is 0.489 e. The number of alkyl halides is 3. The van der Waals surface area contributed by atoms with Gasteiger partial charge in [0.1, 0.15) is 30.5 Å². The van der Waals surface area contributed by atoms with E-state index in [0.717, 1.165) is 11.1 Å². The Labute approximate surface area is 237 Å². The minimum atomic E-state index is -4.59. The SMILES string of the molecule is CN1C(=O)[C@@H](NC(=O)c2ncn(Cc3ccccc3)n2)COc2cc(CN3CCn4nc(C(F)(F)F)nc4C3)ccc21. The maximum atomic E-state index is 13.2. The van der Waals surface area contributed by atoms with Gasteiger partial charge >= 0.3 is 6.18 Å². The first-order valence-corrected chi connectivity index (χ1v) is 13.1. The molecular weight excluding hydrogens is 555 g/mol. The maximum Gasteiger partial charge on any atom is 0.453 e. The first-order chi connectivity index (χ1) is 20.1. The summed E-state index contributed by atoms with van der Waals surface area (Å²) in [6.45, 7) is 1.76. The number of rotatable bonds is 6. The normalized spacial score (nSPS) is 17.3. The third-order valence-electron chi connectivity index (χ3n) is 7.05. The minimum absolute atomic E-state index is 0.0647. The van der Waals surface area contributed by atoms with Gasteiger partial charge in [-0.2, -0.15) is 13.2 Å². The predicted molar refractivity (Wildman–Crippen MR) is 141 cm³/mol.